The van der Waals surface area contributed by atoms with Crippen LogP contribution in [0.1, 0.15) is 16.1 Å². The minimum atomic E-state index is -0.747. The van der Waals surface area contributed by atoms with E-state index >= 15 is 0 Å². The lowest BCUT2D eigenvalue weighted by atomic mass is 10.2. The summed E-state index contributed by atoms with van der Waals surface area (Å²) in [5, 5.41) is 6.45. The molecule has 0 spiro atoms. The van der Waals surface area contributed by atoms with E-state index in [2.05, 4.69) is 15.6 Å². The van der Waals surface area contributed by atoms with Crippen molar-refractivity contribution in [1.29, 1.82) is 0 Å². The fraction of sp³-hybridized carbons (Fsp3) is 0.190. The first kappa shape index (κ1) is 21.0. The zero-order valence-corrected chi connectivity index (χ0v) is 17.5. The van der Waals surface area contributed by atoms with Crippen molar-refractivity contribution in [3.8, 4) is 10.6 Å². The maximum atomic E-state index is 13.1. The van der Waals surface area contributed by atoms with Gasteiger partial charge in [-0.05, 0) is 55.8 Å². The number of aryl methyl sites for hydroxylation is 2. The van der Waals surface area contributed by atoms with Gasteiger partial charge in [0, 0.05) is 34.1 Å². The molecule has 8 heteroatoms. The summed E-state index contributed by atoms with van der Waals surface area (Å²) in [4.78, 5) is 29.7. The van der Waals surface area contributed by atoms with Crippen molar-refractivity contribution in [2.45, 2.75) is 20.3 Å². The Kier molecular flexibility index (Phi) is 6.61. The highest BCUT2D eigenvalue weighted by Crippen LogP contribution is 2.28. The Hall–Kier alpha value is -2.77. The monoisotopic (exact) mass is 431 g/mol. The molecule has 5 nitrogen and oxygen atoms in total. The Balaban J connectivity index is 1.55. The van der Waals surface area contributed by atoms with Crippen LogP contribution in [0.25, 0.3) is 10.6 Å². The van der Waals surface area contributed by atoms with Crippen LogP contribution in [0.15, 0.2) is 42.5 Å². The number of hydrogen-bond donors (Lipinski definition) is 2. The Bertz CT molecular complexity index is 1050. The van der Waals surface area contributed by atoms with E-state index in [1.807, 2.05) is 13.8 Å². The fourth-order valence-corrected chi connectivity index (χ4v) is 3.89. The summed E-state index contributed by atoms with van der Waals surface area (Å²) < 4.78 is 13.1. The Labute approximate surface area is 176 Å². The summed E-state index contributed by atoms with van der Waals surface area (Å²) in [5.74, 6) is -1.76. The van der Waals surface area contributed by atoms with Crippen molar-refractivity contribution in [1.82, 2.24) is 10.3 Å². The summed E-state index contributed by atoms with van der Waals surface area (Å²) in [6, 6.07) is 11.2. The van der Waals surface area contributed by atoms with Crippen LogP contribution in [0.4, 0.5) is 10.1 Å². The van der Waals surface area contributed by atoms with Crippen molar-refractivity contribution in [3.63, 3.8) is 0 Å². The number of carbonyl (C=O) groups is 2. The molecular formula is C21H19ClFN3O2S. The second-order valence-electron chi connectivity index (χ2n) is 6.45. The molecule has 0 saturated carbocycles. The minimum absolute atomic E-state index is 0.295. The van der Waals surface area contributed by atoms with Crippen molar-refractivity contribution < 1.29 is 14.0 Å². The van der Waals surface area contributed by atoms with Crippen molar-refractivity contribution in [2.24, 2.45) is 0 Å². The van der Waals surface area contributed by atoms with Gasteiger partial charge in [0.2, 0.25) is 0 Å². The molecule has 1 heterocycles. The first-order chi connectivity index (χ1) is 13.8. The summed E-state index contributed by atoms with van der Waals surface area (Å²) in [5.41, 5.74) is 3.00. The molecule has 0 aliphatic carbocycles. The van der Waals surface area contributed by atoms with Gasteiger partial charge in [-0.25, -0.2) is 9.37 Å². The number of carbonyl (C=O) groups excluding carboxylic acids is 2. The molecule has 3 aromatic rings. The second kappa shape index (κ2) is 9.15. The van der Waals surface area contributed by atoms with Gasteiger partial charge in [-0.1, -0.05) is 17.7 Å². The molecule has 0 saturated heterocycles. The Morgan fingerprint density at radius 1 is 1.10 bits per heavy atom. The van der Waals surface area contributed by atoms with Gasteiger partial charge < -0.3 is 10.6 Å². The van der Waals surface area contributed by atoms with Crippen LogP contribution < -0.4 is 10.6 Å². The minimum Gasteiger partial charge on any atom is -0.347 e. The maximum absolute atomic E-state index is 13.1. The average molecular weight is 432 g/mol. The third kappa shape index (κ3) is 5.40. The third-order valence-electron chi connectivity index (χ3n) is 4.28. The van der Waals surface area contributed by atoms with E-state index in [4.69, 9.17) is 11.6 Å². The molecule has 0 fully saturated rings. The van der Waals surface area contributed by atoms with E-state index < -0.39 is 11.8 Å². The zero-order chi connectivity index (χ0) is 21.0. The van der Waals surface area contributed by atoms with Crippen LogP contribution in [-0.2, 0) is 16.0 Å². The SMILES string of the molecule is Cc1ccc(Cl)cc1NC(=O)C(=O)NCCc1sc(-c2ccc(F)cc2)nc1C. The van der Waals surface area contributed by atoms with Gasteiger partial charge in [-0.3, -0.25) is 9.59 Å². The normalized spacial score (nSPS) is 10.6. The number of thiazole rings is 1. The molecule has 0 aliphatic rings. The van der Waals surface area contributed by atoms with Crippen LogP contribution in [0.3, 0.4) is 0 Å². The zero-order valence-electron chi connectivity index (χ0n) is 15.9. The highest BCUT2D eigenvalue weighted by Gasteiger charge is 2.15. The van der Waals surface area contributed by atoms with Gasteiger partial charge in [0.1, 0.15) is 10.8 Å². The van der Waals surface area contributed by atoms with Gasteiger partial charge in [-0.2, -0.15) is 0 Å². The smallest absolute Gasteiger partial charge is 0.313 e. The van der Waals surface area contributed by atoms with Gasteiger partial charge in [0.25, 0.3) is 0 Å². The predicted octanol–water partition coefficient (Wildman–Crippen LogP) is 4.52. The molecule has 0 aliphatic heterocycles. The van der Waals surface area contributed by atoms with Crippen molar-refractivity contribution in [3.05, 3.63) is 69.4 Å². The third-order valence-corrected chi connectivity index (χ3v) is 5.78. The summed E-state index contributed by atoms with van der Waals surface area (Å²) in [6.07, 6.45) is 0.542. The van der Waals surface area contributed by atoms with E-state index in [0.717, 1.165) is 26.7 Å². The first-order valence-corrected chi connectivity index (χ1v) is 10.1. The number of halogens is 2. The van der Waals surface area contributed by atoms with Crippen LogP contribution >= 0.6 is 22.9 Å². The van der Waals surface area contributed by atoms with Gasteiger partial charge in [-0.15, -0.1) is 11.3 Å². The average Bonchev–Trinajstić information content (AvgIpc) is 3.05. The number of benzene rings is 2. The molecule has 0 atom stereocenters. The number of hydrogen-bond acceptors (Lipinski definition) is 4. The number of aromatic nitrogens is 1. The maximum Gasteiger partial charge on any atom is 0.313 e. The fourth-order valence-electron chi connectivity index (χ4n) is 2.65. The standard InChI is InChI=1S/C21H19ClFN3O2S/c1-12-3-6-15(22)11-17(12)26-20(28)19(27)24-10-9-18-13(2)25-21(29-18)14-4-7-16(23)8-5-14/h3-8,11H,9-10H2,1-2H3,(H,24,27)(H,26,28). The van der Waals surface area contributed by atoms with E-state index in [1.165, 1.54) is 23.5 Å². The van der Waals surface area contributed by atoms with Gasteiger partial charge >= 0.3 is 11.8 Å². The molecular weight excluding hydrogens is 413 g/mol. The molecule has 29 heavy (non-hydrogen) atoms. The topological polar surface area (TPSA) is 71.1 Å². The second-order valence-corrected chi connectivity index (χ2v) is 7.97. The summed E-state index contributed by atoms with van der Waals surface area (Å²) >= 11 is 7.41. The number of amides is 2. The lowest BCUT2D eigenvalue weighted by molar-refractivity contribution is -0.136. The predicted molar refractivity (Wildman–Crippen MR) is 114 cm³/mol. The van der Waals surface area contributed by atoms with Gasteiger partial charge in [0.05, 0.1) is 5.69 Å². The van der Waals surface area contributed by atoms with Crippen LogP contribution in [0.5, 0.6) is 0 Å². The van der Waals surface area contributed by atoms with Gasteiger partial charge in [0.15, 0.2) is 0 Å². The molecule has 2 N–H and O–H groups in total. The number of rotatable bonds is 5. The van der Waals surface area contributed by atoms with Crippen LogP contribution in [0.2, 0.25) is 5.02 Å². The largest absolute Gasteiger partial charge is 0.347 e. The lowest BCUT2D eigenvalue weighted by Crippen LogP contribution is -2.36. The van der Waals surface area contributed by atoms with E-state index in [-0.39, 0.29) is 5.82 Å². The van der Waals surface area contributed by atoms with Crippen molar-refractivity contribution in [2.75, 3.05) is 11.9 Å². The van der Waals surface area contributed by atoms with Crippen LogP contribution in [0, 0.1) is 19.7 Å². The molecule has 0 bridgehead atoms. The highest BCUT2D eigenvalue weighted by atomic mass is 35.5. The Morgan fingerprint density at radius 3 is 2.55 bits per heavy atom. The number of nitrogens with zero attached hydrogens (tertiary/aromatic N) is 1. The van der Waals surface area contributed by atoms with E-state index in [9.17, 15) is 14.0 Å². The van der Waals surface area contributed by atoms with Crippen molar-refractivity contribution >= 4 is 40.4 Å². The molecule has 0 unspecified atom stereocenters. The molecule has 2 aromatic carbocycles. The van der Waals surface area contributed by atoms with Crippen LogP contribution in [-0.4, -0.2) is 23.3 Å². The van der Waals surface area contributed by atoms with E-state index in [0.29, 0.717) is 23.7 Å². The van der Waals surface area contributed by atoms with E-state index in [1.54, 1.807) is 30.3 Å². The first-order valence-electron chi connectivity index (χ1n) is 8.91. The number of nitrogens with one attached hydrogen (secondary N) is 2. The highest BCUT2D eigenvalue weighted by molar-refractivity contribution is 7.15. The Morgan fingerprint density at radius 2 is 1.83 bits per heavy atom. The molecule has 1 aromatic heterocycles. The molecule has 0 radical (unpaired) electrons. The number of anilines is 1. The summed E-state index contributed by atoms with van der Waals surface area (Å²) in [7, 11) is 0. The molecule has 150 valence electrons. The quantitative estimate of drug-likeness (QED) is 0.583. The molecule has 2 amide bonds. The lowest BCUT2D eigenvalue weighted by Gasteiger charge is -2.09. The molecule has 3 rings (SSSR count). The summed E-state index contributed by atoms with van der Waals surface area (Å²) in [6.45, 7) is 4.00.